The molecule has 16 heavy (non-hydrogen) atoms. The van der Waals surface area contributed by atoms with E-state index in [0.717, 1.165) is 18.4 Å². The molecule has 1 N–H and O–H groups in total. The largest absolute Gasteiger partial charge is 0.353 e. The predicted molar refractivity (Wildman–Crippen MR) is 65.4 cm³/mol. The van der Waals surface area contributed by atoms with E-state index in [4.69, 9.17) is 0 Å². The molecule has 3 rings (SSSR count). The molecule has 1 aromatic heterocycles. The van der Waals surface area contributed by atoms with Gasteiger partial charge in [-0.15, -0.1) is 0 Å². The highest BCUT2D eigenvalue weighted by atomic mass is 15.2. The number of anilines is 1. The van der Waals surface area contributed by atoms with Crippen LogP contribution in [0.1, 0.15) is 44.9 Å². The van der Waals surface area contributed by atoms with Gasteiger partial charge in [-0.2, -0.15) is 0 Å². The molecule has 2 aliphatic rings. The first-order valence-corrected chi connectivity index (χ1v) is 6.69. The van der Waals surface area contributed by atoms with Crippen LogP contribution in [-0.4, -0.2) is 15.6 Å². The molecule has 2 aliphatic carbocycles. The lowest BCUT2D eigenvalue weighted by Crippen LogP contribution is -2.22. The minimum atomic E-state index is 0.669. The molecule has 3 heteroatoms. The van der Waals surface area contributed by atoms with Crippen molar-refractivity contribution in [3.8, 4) is 0 Å². The van der Waals surface area contributed by atoms with Crippen molar-refractivity contribution in [2.45, 2.75) is 57.5 Å². The fourth-order valence-electron chi connectivity index (χ4n) is 2.80. The second kappa shape index (κ2) is 4.48. The molecule has 0 aromatic carbocycles. The highest BCUT2D eigenvalue weighted by molar-refractivity contribution is 5.28. The van der Waals surface area contributed by atoms with E-state index in [1.165, 1.54) is 44.9 Å². The average molecular weight is 219 g/mol. The van der Waals surface area contributed by atoms with Gasteiger partial charge >= 0.3 is 0 Å². The molecule has 0 atom stereocenters. The van der Waals surface area contributed by atoms with E-state index in [1.54, 1.807) is 0 Å². The second-order valence-electron chi connectivity index (χ2n) is 5.33. The highest BCUT2D eigenvalue weighted by Crippen LogP contribution is 2.29. The summed E-state index contributed by atoms with van der Waals surface area (Å²) in [6.07, 6.45) is 13.7. The first-order chi connectivity index (χ1) is 7.92. The maximum absolute atomic E-state index is 4.44. The van der Waals surface area contributed by atoms with Crippen LogP contribution in [0.4, 0.5) is 5.95 Å². The SMILES string of the molecule is c1cn(CC2CCC2)c(NC2CCCC2)n1. The van der Waals surface area contributed by atoms with Gasteiger partial charge < -0.3 is 9.88 Å². The van der Waals surface area contributed by atoms with Crippen molar-refractivity contribution in [1.82, 2.24) is 9.55 Å². The third-order valence-corrected chi connectivity index (χ3v) is 4.08. The van der Waals surface area contributed by atoms with E-state index in [2.05, 4.69) is 21.1 Å². The number of rotatable bonds is 4. The molecule has 2 fully saturated rings. The van der Waals surface area contributed by atoms with Gasteiger partial charge in [0.15, 0.2) is 0 Å². The van der Waals surface area contributed by atoms with Crippen molar-refractivity contribution in [1.29, 1.82) is 0 Å². The molecule has 0 aliphatic heterocycles. The van der Waals surface area contributed by atoms with Gasteiger partial charge in [-0.3, -0.25) is 0 Å². The minimum absolute atomic E-state index is 0.669. The van der Waals surface area contributed by atoms with Crippen LogP contribution in [0.2, 0.25) is 0 Å². The predicted octanol–water partition coefficient (Wildman–Crippen LogP) is 3.04. The number of aromatic nitrogens is 2. The van der Waals surface area contributed by atoms with Crippen LogP contribution in [0.3, 0.4) is 0 Å². The molecular weight excluding hydrogens is 198 g/mol. The average Bonchev–Trinajstić information content (AvgIpc) is 2.84. The molecule has 0 amide bonds. The Labute approximate surface area is 97.3 Å². The van der Waals surface area contributed by atoms with E-state index < -0.39 is 0 Å². The highest BCUT2D eigenvalue weighted by Gasteiger charge is 2.20. The van der Waals surface area contributed by atoms with E-state index in [0.29, 0.717) is 6.04 Å². The van der Waals surface area contributed by atoms with Crippen LogP contribution in [-0.2, 0) is 6.54 Å². The van der Waals surface area contributed by atoms with Gasteiger partial charge in [0.1, 0.15) is 0 Å². The van der Waals surface area contributed by atoms with Gasteiger partial charge in [0.25, 0.3) is 0 Å². The second-order valence-corrected chi connectivity index (χ2v) is 5.33. The molecule has 0 saturated heterocycles. The van der Waals surface area contributed by atoms with Gasteiger partial charge in [0, 0.05) is 25.0 Å². The van der Waals surface area contributed by atoms with Crippen molar-refractivity contribution in [3.63, 3.8) is 0 Å². The summed E-state index contributed by atoms with van der Waals surface area (Å²) >= 11 is 0. The lowest BCUT2D eigenvalue weighted by molar-refractivity contribution is 0.277. The standard InChI is InChI=1S/C13H21N3/c1-2-7-12(6-1)15-13-14-8-9-16(13)10-11-4-3-5-11/h8-9,11-12H,1-7,10H2,(H,14,15). The molecule has 0 spiro atoms. The Morgan fingerprint density at radius 1 is 1.19 bits per heavy atom. The van der Waals surface area contributed by atoms with E-state index in [1.807, 2.05) is 6.20 Å². The van der Waals surface area contributed by atoms with Crippen molar-refractivity contribution >= 4 is 5.95 Å². The molecule has 88 valence electrons. The first-order valence-electron chi connectivity index (χ1n) is 6.69. The fourth-order valence-corrected chi connectivity index (χ4v) is 2.80. The lowest BCUT2D eigenvalue weighted by Gasteiger charge is -2.26. The smallest absolute Gasteiger partial charge is 0.202 e. The molecule has 0 radical (unpaired) electrons. The Kier molecular flexibility index (Phi) is 2.85. The molecular formula is C13H21N3. The first kappa shape index (κ1) is 10.2. The summed E-state index contributed by atoms with van der Waals surface area (Å²) in [6.45, 7) is 1.16. The van der Waals surface area contributed by atoms with Gasteiger partial charge in [-0.05, 0) is 31.6 Å². The van der Waals surface area contributed by atoms with Crippen molar-refractivity contribution in [3.05, 3.63) is 12.4 Å². The number of nitrogens with zero attached hydrogens (tertiary/aromatic N) is 2. The normalized spacial score (nSPS) is 22.2. The maximum Gasteiger partial charge on any atom is 0.202 e. The summed E-state index contributed by atoms with van der Waals surface area (Å²) in [5, 5.41) is 3.59. The lowest BCUT2D eigenvalue weighted by atomic mass is 9.85. The summed E-state index contributed by atoms with van der Waals surface area (Å²) < 4.78 is 2.31. The molecule has 1 heterocycles. The number of hydrogen-bond acceptors (Lipinski definition) is 2. The van der Waals surface area contributed by atoms with E-state index in [-0.39, 0.29) is 0 Å². The molecule has 1 aromatic rings. The van der Waals surface area contributed by atoms with Crippen LogP contribution < -0.4 is 5.32 Å². The number of imidazole rings is 1. The summed E-state index contributed by atoms with van der Waals surface area (Å²) in [6, 6.07) is 0.669. The van der Waals surface area contributed by atoms with Crippen molar-refractivity contribution in [2.75, 3.05) is 5.32 Å². The fraction of sp³-hybridized carbons (Fsp3) is 0.769. The van der Waals surface area contributed by atoms with Gasteiger partial charge in [-0.25, -0.2) is 4.98 Å². The third kappa shape index (κ3) is 2.08. The van der Waals surface area contributed by atoms with Crippen LogP contribution in [0, 0.1) is 5.92 Å². The number of nitrogens with one attached hydrogen (secondary N) is 1. The Hall–Kier alpha value is -0.990. The van der Waals surface area contributed by atoms with Crippen LogP contribution in [0.25, 0.3) is 0 Å². The van der Waals surface area contributed by atoms with Crippen LogP contribution >= 0.6 is 0 Å². The zero-order valence-corrected chi connectivity index (χ0v) is 9.86. The zero-order chi connectivity index (χ0) is 10.8. The van der Waals surface area contributed by atoms with E-state index in [9.17, 15) is 0 Å². The zero-order valence-electron chi connectivity index (χ0n) is 9.86. The quantitative estimate of drug-likeness (QED) is 0.843. The van der Waals surface area contributed by atoms with E-state index >= 15 is 0 Å². The van der Waals surface area contributed by atoms with Gasteiger partial charge in [0.2, 0.25) is 5.95 Å². The Morgan fingerprint density at radius 2 is 2.00 bits per heavy atom. The molecule has 0 unspecified atom stereocenters. The topological polar surface area (TPSA) is 29.9 Å². The minimum Gasteiger partial charge on any atom is -0.353 e. The monoisotopic (exact) mass is 219 g/mol. The van der Waals surface area contributed by atoms with Crippen molar-refractivity contribution in [2.24, 2.45) is 5.92 Å². The summed E-state index contributed by atoms with van der Waals surface area (Å²) in [4.78, 5) is 4.44. The molecule has 2 saturated carbocycles. The van der Waals surface area contributed by atoms with Gasteiger partial charge in [-0.1, -0.05) is 19.3 Å². The Bertz CT molecular complexity index is 335. The summed E-state index contributed by atoms with van der Waals surface area (Å²) in [5.74, 6) is 2.00. The number of hydrogen-bond donors (Lipinski definition) is 1. The Morgan fingerprint density at radius 3 is 2.69 bits per heavy atom. The van der Waals surface area contributed by atoms with Crippen LogP contribution in [0.15, 0.2) is 12.4 Å². The summed E-state index contributed by atoms with van der Waals surface area (Å²) in [7, 11) is 0. The molecule has 3 nitrogen and oxygen atoms in total. The maximum atomic E-state index is 4.44. The summed E-state index contributed by atoms with van der Waals surface area (Å²) in [5.41, 5.74) is 0. The third-order valence-electron chi connectivity index (χ3n) is 4.08. The molecule has 0 bridgehead atoms. The van der Waals surface area contributed by atoms with Crippen LogP contribution in [0.5, 0.6) is 0 Å². The van der Waals surface area contributed by atoms with Gasteiger partial charge in [0.05, 0.1) is 0 Å². The Balaban J connectivity index is 1.61. The van der Waals surface area contributed by atoms with Crippen molar-refractivity contribution < 1.29 is 0 Å².